The summed E-state index contributed by atoms with van der Waals surface area (Å²) in [6, 6.07) is 7.41. The second-order valence-corrected chi connectivity index (χ2v) is 4.62. The van der Waals surface area contributed by atoms with Gasteiger partial charge >= 0.3 is 10.4 Å². The SMILES string of the molecule is CCN(CCOS(=O)(=O)O)c1cccc(OC)c1. The van der Waals surface area contributed by atoms with E-state index in [0.717, 1.165) is 11.4 Å². The summed E-state index contributed by atoms with van der Waals surface area (Å²) < 4.78 is 38.7. The minimum Gasteiger partial charge on any atom is -0.497 e. The van der Waals surface area contributed by atoms with Gasteiger partial charge in [0.2, 0.25) is 0 Å². The van der Waals surface area contributed by atoms with Crippen molar-refractivity contribution in [1.29, 1.82) is 0 Å². The first-order valence-corrected chi connectivity index (χ1v) is 6.83. The Balaban J connectivity index is 2.65. The van der Waals surface area contributed by atoms with Gasteiger partial charge in [0, 0.05) is 24.8 Å². The van der Waals surface area contributed by atoms with Crippen molar-refractivity contribution in [3.8, 4) is 5.75 Å². The van der Waals surface area contributed by atoms with Gasteiger partial charge in [-0.25, -0.2) is 4.18 Å². The molecule has 1 aromatic carbocycles. The first-order valence-electron chi connectivity index (χ1n) is 5.47. The lowest BCUT2D eigenvalue weighted by Gasteiger charge is -2.22. The third-order valence-electron chi connectivity index (χ3n) is 2.39. The molecular weight excluding hydrogens is 258 g/mol. The number of ether oxygens (including phenoxy) is 1. The molecule has 0 aromatic heterocycles. The molecule has 102 valence electrons. The van der Waals surface area contributed by atoms with Crippen LogP contribution in [0, 0.1) is 0 Å². The zero-order valence-electron chi connectivity index (χ0n) is 10.4. The van der Waals surface area contributed by atoms with Gasteiger partial charge in [-0.1, -0.05) is 6.07 Å². The largest absolute Gasteiger partial charge is 0.497 e. The Morgan fingerprint density at radius 3 is 2.67 bits per heavy atom. The van der Waals surface area contributed by atoms with Crippen LogP contribution in [0.3, 0.4) is 0 Å². The average molecular weight is 275 g/mol. The van der Waals surface area contributed by atoms with E-state index in [0.29, 0.717) is 13.1 Å². The van der Waals surface area contributed by atoms with E-state index in [1.807, 2.05) is 36.1 Å². The molecule has 0 unspecified atom stereocenters. The van der Waals surface area contributed by atoms with Gasteiger partial charge in [0.1, 0.15) is 5.75 Å². The Kier molecular flexibility index (Phi) is 5.39. The predicted molar refractivity (Wildman–Crippen MR) is 68.4 cm³/mol. The molecule has 0 spiro atoms. The van der Waals surface area contributed by atoms with Crippen molar-refractivity contribution in [3.63, 3.8) is 0 Å². The van der Waals surface area contributed by atoms with Crippen LogP contribution in [0.15, 0.2) is 24.3 Å². The summed E-state index contributed by atoms with van der Waals surface area (Å²) in [7, 11) is -2.79. The first kappa shape index (κ1) is 14.7. The van der Waals surface area contributed by atoms with E-state index in [1.165, 1.54) is 0 Å². The topological polar surface area (TPSA) is 76.1 Å². The van der Waals surface area contributed by atoms with Crippen molar-refractivity contribution in [2.24, 2.45) is 0 Å². The van der Waals surface area contributed by atoms with Crippen molar-refractivity contribution in [2.45, 2.75) is 6.92 Å². The highest BCUT2D eigenvalue weighted by Gasteiger charge is 2.08. The van der Waals surface area contributed by atoms with Crippen molar-refractivity contribution in [2.75, 3.05) is 31.7 Å². The van der Waals surface area contributed by atoms with Crippen LogP contribution in [-0.2, 0) is 14.6 Å². The van der Waals surface area contributed by atoms with Gasteiger partial charge in [0.05, 0.1) is 13.7 Å². The fourth-order valence-electron chi connectivity index (χ4n) is 1.53. The number of methoxy groups -OCH3 is 1. The second kappa shape index (κ2) is 6.58. The third-order valence-corrected chi connectivity index (χ3v) is 2.86. The number of rotatable bonds is 7. The molecule has 0 saturated heterocycles. The quantitative estimate of drug-likeness (QED) is 0.757. The molecule has 0 amide bonds. The minimum absolute atomic E-state index is 0.107. The van der Waals surface area contributed by atoms with Crippen molar-refractivity contribution < 1.29 is 21.9 Å². The Labute approximate surface area is 107 Å². The van der Waals surface area contributed by atoms with Crippen molar-refractivity contribution >= 4 is 16.1 Å². The zero-order chi connectivity index (χ0) is 13.6. The molecule has 0 atom stereocenters. The number of benzene rings is 1. The maximum absolute atomic E-state index is 10.4. The molecule has 1 aromatic rings. The standard InChI is InChI=1S/C11H17NO5S/c1-3-12(7-8-17-18(13,14)15)10-5-4-6-11(9-10)16-2/h4-6,9H,3,7-8H2,1-2H3,(H,13,14,15). The molecule has 0 saturated carbocycles. The van der Waals surface area contributed by atoms with Crippen molar-refractivity contribution in [3.05, 3.63) is 24.3 Å². The molecule has 0 bridgehead atoms. The van der Waals surface area contributed by atoms with Crippen LogP contribution in [0.4, 0.5) is 5.69 Å². The van der Waals surface area contributed by atoms with E-state index in [9.17, 15) is 8.42 Å². The summed E-state index contributed by atoms with van der Waals surface area (Å²) in [6.45, 7) is 2.86. The van der Waals surface area contributed by atoms with Gasteiger partial charge in [0.15, 0.2) is 0 Å². The molecule has 1 rings (SSSR count). The van der Waals surface area contributed by atoms with Crippen LogP contribution < -0.4 is 9.64 Å². The van der Waals surface area contributed by atoms with E-state index < -0.39 is 10.4 Å². The number of nitrogens with zero attached hydrogens (tertiary/aromatic N) is 1. The van der Waals surface area contributed by atoms with Gasteiger partial charge < -0.3 is 9.64 Å². The summed E-state index contributed by atoms with van der Waals surface area (Å²) in [5.74, 6) is 0.724. The van der Waals surface area contributed by atoms with Crippen LogP contribution in [0.5, 0.6) is 5.75 Å². The third kappa shape index (κ3) is 4.91. The number of hydrogen-bond donors (Lipinski definition) is 1. The lowest BCUT2D eigenvalue weighted by atomic mass is 10.2. The van der Waals surface area contributed by atoms with Crippen LogP contribution in [0.2, 0.25) is 0 Å². The number of likely N-dealkylation sites (N-methyl/N-ethyl adjacent to an activating group) is 1. The highest BCUT2D eigenvalue weighted by atomic mass is 32.3. The highest BCUT2D eigenvalue weighted by Crippen LogP contribution is 2.20. The fraction of sp³-hybridized carbons (Fsp3) is 0.455. The predicted octanol–water partition coefficient (Wildman–Crippen LogP) is 1.34. The normalized spacial score (nSPS) is 11.3. The Hall–Kier alpha value is -1.31. The molecule has 0 aliphatic heterocycles. The van der Waals surface area contributed by atoms with Gasteiger partial charge in [0.25, 0.3) is 0 Å². The summed E-state index contributed by atoms with van der Waals surface area (Å²) in [5, 5.41) is 0. The maximum atomic E-state index is 10.4. The summed E-state index contributed by atoms with van der Waals surface area (Å²) in [5.41, 5.74) is 0.899. The van der Waals surface area contributed by atoms with Gasteiger partial charge in [-0.2, -0.15) is 8.42 Å². The van der Waals surface area contributed by atoms with Gasteiger partial charge in [-0.05, 0) is 19.1 Å². The van der Waals surface area contributed by atoms with Crippen LogP contribution in [0.1, 0.15) is 6.92 Å². The smallest absolute Gasteiger partial charge is 0.397 e. The molecule has 0 aliphatic rings. The van der Waals surface area contributed by atoms with Gasteiger partial charge in [-0.15, -0.1) is 0 Å². The number of anilines is 1. The minimum atomic E-state index is -4.37. The molecule has 0 aliphatic carbocycles. The Morgan fingerprint density at radius 1 is 1.39 bits per heavy atom. The molecule has 0 heterocycles. The summed E-state index contributed by atoms with van der Waals surface area (Å²) in [6.07, 6.45) is 0. The van der Waals surface area contributed by atoms with E-state index >= 15 is 0 Å². The van der Waals surface area contributed by atoms with Crippen molar-refractivity contribution in [1.82, 2.24) is 0 Å². The Morgan fingerprint density at radius 2 is 2.11 bits per heavy atom. The number of hydrogen-bond acceptors (Lipinski definition) is 5. The molecule has 18 heavy (non-hydrogen) atoms. The van der Waals surface area contributed by atoms with E-state index in [4.69, 9.17) is 9.29 Å². The zero-order valence-corrected chi connectivity index (χ0v) is 11.2. The Bertz CT molecular complexity index is 474. The van der Waals surface area contributed by atoms with Crippen LogP contribution in [-0.4, -0.2) is 39.8 Å². The second-order valence-electron chi connectivity index (χ2n) is 3.53. The first-order chi connectivity index (χ1) is 8.46. The lowest BCUT2D eigenvalue weighted by molar-refractivity contribution is 0.273. The molecule has 7 heteroatoms. The average Bonchev–Trinajstić information content (AvgIpc) is 2.33. The van der Waals surface area contributed by atoms with Crippen LogP contribution >= 0.6 is 0 Å². The molecular formula is C11H17NO5S. The fourth-order valence-corrected chi connectivity index (χ4v) is 1.81. The molecule has 0 radical (unpaired) electrons. The summed E-state index contributed by atoms with van der Waals surface area (Å²) >= 11 is 0. The molecule has 1 N–H and O–H groups in total. The highest BCUT2D eigenvalue weighted by molar-refractivity contribution is 7.80. The van der Waals surface area contributed by atoms with E-state index in [2.05, 4.69) is 4.18 Å². The van der Waals surface area contributed by atoms with Gasteiger partial charge in [-0.3, -0.25) is 4.55 Å². The van der Waals surface area contributed by atoms with E-state index in [-0.39, 0.29) is 6.61 Å². The summed E-state index contributed by atoms with van der Waals surface area (Å²) in [4.78, 5) is 1.91. The monoisotopic (exact) mass is 275 g/mol. The van der Waals surface area contributed by atoms with Crippen LogP contribution in [0.25, 0.3) is 0 Å². The molecule has 6 nitrogen and oxygen atoms in total. The maximum Gasteiger partial charge on any atom is 0.397 e. The molecule has 0 fully saturated rings. The van der Waals surface area contributed by atoms with E-state index in [1.54, 1.807) is 7.11 Å². The lowest BCUT2D eigenvalue weighted by Crippen LogP contribution is -2.27.